The Labute approximate surface area is 158 Å². The van der Waals surface area contributed by atoms with Gasteiger partial charge in [0, 0.05) is 44.8 Å². The summed E-state index contributed by atoms with van der Waals surface area (Å²) in [5.41, 5.74) is 4.03. The van der Waals surface area contributed by atoms with Crippen LogP contribution in [0.4, 0.5) is 5.95 Å². The molecule has 7 heteroatoms. The molecule has 1 aromatic heterocycles. The number of hydrogen-bond donors (Lipinski definition) is 1. The lowest BCUT2D eigenvalue weighted by Crippen LogP contribution is -2.47. The van der Waals surface area contributed by atoms with Crippen molar-refractivity contribution in [2.24, 2.45) is 0 Å². The first kappa shape index (κ1) is 16.5. The number of ether oxygens (including phenoxy) is 1. The Morgan fingerprint density at radius 3 is 2.93 bits per heavy atom. The fourth-order valence-corrected chi connectivity index (χ4v) is 4.11. The van der Waals surface area contributed by atoms with Crippen molar-refractivity contribution in [1.29, 1.82) is 0 Å². The Kier molecular flexibility index (Phi) is 3.97. The third-order valence-corrected chi connectivity index (χ3v) is 5.86. The summed E-state index contributed by atoms with van der Waals surface area (Å²) in [4.78, 5) is 25.4. The van der Waals surface area contributed by atoms with Gasteiger partial charge in [0.15, 0.2) is 0 Å². The Morgan fingerprint density at radius 1 is 1.22 bits per heavy atom. The van der Waals surface area contributed by atoms with Gasteiger partial charge in [-0.2, -0.15) is 0 Å². The van der Waals surface area contributed by atoms with Crippen molar-refractivity contribution in [3.63, 3.8) is 0 Å². The lowest BCUT2D eigenvalue weighted by molar-refractivity contribution is 0.0965. The van der Waals surface area contributed by atoms with Crippen molar-refractivity contribution in [2.75, 3.05) is 37.7 Å². The van der Waals surface area contributed by atoms with Crippen molar-refractivity contribution < 1.29 is 9.53 Å². The molecule has 1 fully saturated rings. The molecule has 0 radical (unpaired) electrons. The zero-order valence-electron chi connectivity index (χ0n) is 15.4. The first-order chi connectivity index (χ1) is 13.2. The van der Waals surface area contributed by atoms with E-state index in [0.717, 1.165) is 56.6 Å². The second-order valence-corrected chi connectivity index (χ2v) is 7.38. The zero-order chi connectivity index (χ0) is 18.4. The summed E-state index contributed by atoms with van der Waals surface area (Å²) in [6.45, 7) is 7.23. The molecule has 3 aliphatic heterocycles. The molecule has 27 heavy (non-hydrogen) atoms. The van der Waals surface area contributed by atoms with Crippen LogP contribution in [0.5, 0.6) is 5.75 Å². The summed E-state index contributed by atoms with van der Waals surface area (Å²) in [5, 5.41) is 2.79. The highest BCUT2D eigenvalue weighted by Crippen LogP contribution is 2.31. The van der Waals surface area contributed by atoms with Gasteiger partial charge in [0.2, 0.25) is 5.95 Å². The molecule has 5 rings (SSSR count). The van der Waals surface area contributed by atoms with Gasteiger partial charge in [0.05, 0.1) is 24.4 Å². The van der Waals surface area contributed by atoms with E-state index in [0.29, 0.717) is 18.2 Å². The zero-order valence-corrected chi connectivity index (χ0v) is 15.4. The molecule has 7 nitrogen and oxygen atoms in total. The second-order valence-electron chi connectivity index (χ2n) is 7.38. The molecule has 1 atom stereocenters. The van der Waals surface area contributed by atoms with Crippen molar-refractivity contribution in [3.8, 4) is 5.75 Å². The topological polar surface area (TPSA) is 70.6 Å². The monoisotopic (exact) mass is 365 g/mol. The van der Waals surface area contributed by atoms with E-state index in [4.69, 9.17) is 4.74 Å². The maximum Gasteiger partial charge on any atom is 0.255 e. The summed E-state index contributed by atoms with van der Waals surface area (Å²) in [6.07, 6.45) is 2.67. The minimum Gasteiger partial charge on any atom is -0.493 e. The normalized spacial score (nSPS) is 20.0. The Hall–Kier alpha value is -2.67. The molecule has 140 valence electrons. The number of amides is 1. The quantitative estimate of drug-likeness (QED) is 0.890. The van der Waals surface area contributed by atoms with Gasteiger partial charge < -0.3 is 15.0 Å². The summed E-state index contributed by atoms with van der Waals surface area (Å²) in [6, 6.07) is 6.99. The predicted octanol–water partition coefficient (Wildman–Crippen LogP) is 1.54. The lowest BCUT2D eigenvalue weighted by atomic mass is 10.0. The largest absolute Gasteiger partial charge is 0.493 e. The van der Waals surface area contributed by atoms with Crippen LogP contribution in [0.25, 0.3) is 0 Å². The maximum atomic E-state index is 11.7. The van der Waals surface area contributed by atoms with E-state index in [-0.39, 0.29) is 5.91 Å². The highest BCUT2D eigenvalue weighted by atomic mass is 16.5. The number of hydrogen-bond acceptors (Lipinski definition) is 6. The molecule has 2 aromatic rings. The molecule has 0 aliphatic carbocycles. The third kappa shape index (κ3) is 2.92. The molecule has 1 saturated heterocycles. The lowest BCUT2D eigenvalue weighted by Gasteiger charge is -2.38. The molecule has 1 unspecified atom stereocenters. The van der Waals surface area contributed by atoms with Crippen LogP contribution in [-0.2, 0) is 13.0 Å². The summed E-state index contributed by atoms with van der Waals surface area (Å²) in [7, 11) is 0. The fourth-order valence-electron chi connectivity index (χ4n) is 4.11. The first-order valence-corrected chi connectivity index (χ1v) is 9.58. The van der Waals surface area contributed by atoms with E-state index in [1.54, 1.807) is 6.20 Å². The Morgan fingerprint density at radius 2 is 2.07 bits per heavy atom. The molecule has 0 bridgehead atoms. The summed E-state index contributed by atoms with van der Waals surface area (Å²) in [5.74, 6) is 1.70. The van der Waals surface area contributed by atoms with Crippen LogP contribution in [-0.4, -0.2) is 53.6 Å². The SMILES string of the molecule is CC(c1ccc2c(c1)OCC2)N1CCN(c2ncc3c(n2)CNC3=O)CC1. The minimum atomic E-state index is -0.0754. The smallest absolute Gasteiger partial charge is 0.255 e. The number of nitrogens with one attached hydrogen (secondary N) is 1. The van der Waals surface area contributed by atoms with Gasteiger partial charge in [-0.25, -0.2) is 9.97 Å². The van der Waals surface area contributed by atoms with E-state index in [1.165, 1.54) is 11.1 Å². The van der Waals surface area contributed by atoms with Crippen LogP contribution in [0.3, 0.4) is 0 Å². The second kappa shape index (κ2) is 6.49. The molecule has 0 spiro atoms. The van der Waals surface area contributed by atoms with Gasteiger partial charge in [0.1, 0.15) is 5.75 Å². The average molecular weight is 365 g/mol. The highest BCUT2D eigenvalue weighted by Gasteiger charge is 2.27. The van der Waals surface area contributed by atoms with Crippen molar-refractivity contribution in [2.45, 2.75) is 25.9 Å². The van der Waals surface area contributed by atoms with E-state index < -0.39 is 0 Å². The number of anilines is 1. The molecule has 1 amide bonds. The Balaban J connectivity index is 1.26. The third-order valence-electron chi connectivity index (χ3n) is 5.86. The van der Waals surface area contributed by atoms with Crippen LogP contribution < -0.4 is 15.0 Å². The predicted molar refractivity (Wildman–Crippen MR) is 101 cm³/mol. The van der Waals surface area contributed by atoms with Gasteiger partial charge in [-0.15, -0.1) is 0 Å². The van der Waals surface area contributed by atoms with Gasteiger partial charge in [-0.1, -0.05) is 12.1 Å². The van der Waals surface area contributed by atoms with Crippen molar-refractivity contribution in [3.05, 3.63) is 46.8 Å². The van der Waals surface area contributed by atoms with Gasteiger partial charge >= 0.3 is 0 Å². The summed E-state index contributed by atoms with van der Waals surface area (Å²) >= 11 is 0. The minimum absolute atomic E-state index is 0.0754. The van der Waals surface area contributed by atoms with Crippen LogP contribution in [0, 0.1) is 0 Å². The van der Waals surface area contributed by atoms with E-state index in [2.05, 4.69) is 50.2 Å². The van der Waals surface area contributed by atoms with Gasteiger partial charge in [-0.05, 0) is 24.1 Å². The molecular weight excluding hydrogens is 342 g/mol. The number of fused-ring (bicyclic) bond motifs is 2. The van der Waals surface area contributed by atoms with Crippen molar-refractivity contribution >= 4 is 11.9 Å². The molecule has 1 aromatic carbocycles. The first-order valence-electron chi connectivity index (χ1n) is 9.58. The number of benzene rings is 1. The maximum absolute atomic E-state index is 11.7. The number of piperazine rings is 1. The molecular formula is C20H23N5O2. The number of carbonyl (C=O) groups is 1. The average Bonchev–Trinajstić information content (AvgIpc) is 3.33. The number of carbonyl (C=O) groups excluding carboxylic acids is 1. The van der Waals surface area contributed by atoms with Gasteiger partial charge in [-0.3, -0.25) is 9.69 Å². The molecule has 0 saturated carbocycles. The van der Waals surface area contributed by atoms with E-state index in [9.17, 15) is 4.79 Å². The number of nitrogens with zero attached hydrogens (tertiary/aromatic N) is 4. The summed E-state index contributed by atoms with van der Waals surface area (Å²) < 4.78 is 5.72. The van der Waals surface area contributed by atoms with E-state index in [1.807, 2.05) is 0 Å². The van der Waals surface area contributed by atoms with Crippen molar-refractivity contribution in [1.82, 2.24) is 20.2 Å². The van der Waals surface area contributed by atoms with E-state index >= 15 is 0 Å². The number of aromatic nitrogens is 2. The van der Waals surface area contributed by atoms with Gasteiger partial charge in [0.25, 0.3) is 5.91 Å². The fraction of sp³-hybridized carbons (Fsp3) is 0.450. The molecule has 4 heterocycles. The van der Waals surface area contributed by atoms with Crippen LogP contribution in [0.2, 0.25) is 0 Å². The van der Waals surface area contributed by atoms with Crippen LogP contribution in [0.15, 0.2) is 24.4 Å². The highest BCUT2D eigenvalue weighted by molar-refractivity contribution is 5.97. The standard InChI is InChI=1S/C20H23N5O2/c1-13(15-3-2-14-4-9-27-18(14)10-15)24-5-7-25(8-6-24)20-22-11-16-17(23-20)12-21-19(16)26/h2-3,10-11,13H,4-9,12H2,1H3,(H,21,26). The van der Waals surface area contributed by atoms with Crippen LogP contribution >= 0.6 is 0 Å². The number of rotatable bonds is 3. The van der Waals surface area contributed by atoms with Crippen LogP contribution in [0.1, 0.15) is 40.1 Å². The Bertz CT molecular complexity index is 892. The molecule has 1 N–H and O–H groups in total. The molecule has 3 aliphatic rings.